The van der Waals surface area contributed by atoms with Crippen molar-refractivity contribution in [3.8, 4) is 0 Å². The number of aliphatic hydroxyl groups excluding tert-OH is 3. The van der Waals surface area contributed by atoms with Crippen LogP contribution in [0.15, 0.2) is 50.8 Å². The zero-order chi connectivity index (χ0) is 25.1. The fraction of sp³-hybridized carbons (Fsp3) is 0.481. The Bertz CT molecular complexity index is 1110. The summed E-state index contributed by atoms with van der Waals surface area (Å²) in [6, 6.07) is 7.33. The van der Waals surface area contributed by atoms with E-state index in [0.717, 1.165) is 22.4 Å². The van der Waals surface area contributed by atoms with Crippen LogP contribution in [0.4, 0.5) is 0 Å². The molecular formula is C27H33NO6S. The molecule has 3 N–H and O–H groups in total. The number of rotatable bonds is 10. The van der Waals surface area contributed by atoms with Gasteiger partial charge >= 0.3 is 0 Å². The molecule has 2 aliphatic rings. The first kappa shape index (κ1) is 25.6. The minimum atomic E-state index is -0.818. The van der Waals surface area contributed by atoms with Crippen molar-refractivity contribution in [2.24, 2.45) is 17.8 Å². The number of hydrogen-bond acceptors (Lipinski definition) is 7. The molecule has 0 saturated carbocycles. The summed E-state index contributed by atoms with van der Waals surface area (Å²) in [7, 11) is 0. The smallest absolute Gasteiger partial charge is 0.234 e. The van der Waals surface area contributed by atoms with Crippen LogP contribution in [0.3, 0.4) is 0 Å². The number of likely N-dealkylation sites (tertiary alicyclic amines) is 1. The van der Waals surface area contributed by atoms with Gasteiger partial charge in [0.15, 0.2) is 0 Å². The number of carbonyl (C=O) groups excluding carboxylic acids is 2. The highest BCUT2D eigenvalue weighted by atomic mass is 32.1. The molecule has 7 nitrogen and oxygen atoms in total. The van der Waals surface area contributed by atoms with E-state index in [2.05, 4.69) is 0 Å². The maximum atomic E-state index is 13.3. The molecule has 1 aliphatic heterocycles. The molecule has 0 aromatic carbocycles. The van der Waals surface area contributed by atoms with Gasteiger partial charge in [0.2, 0.25) is 11.8 Å². The van der Waals surface area contributed by atoms with Gasteiger partial charge in [0.05, 0.1) is 31.1 Å². The number of hydrogen-bond donors (Lipinski definition) is 3. The molecule has 4 rings (SSSR count). The molecule has 4 atom stereocenters. The molecule has 3 heterocycles. The van der Waals surface area contributed by atoms with Crippen LogP contribution in [0.5, 0.6) is 0 Å². The van der Waals surface area contributed by atoms with Gasteiger partial charge in [-0.2, -0.15) is 0 Å². The summed E-state index contributed by atoms with van der Waals surface area (Å²) in [4.78, 5) is 28.7. The number of thiophene rings is 1. The van der Waals surface area contributed by atoms with Gasteiger partial charge in [0.1, 0.15) is 18.1 Å². The van der Waals surface area contributed by atoms with Crippen molar-refractivity contribution in [2.45, 2.75) is 58.8 Å². The average molecular weight is 500 g/mol. The summed E-state index contributed by atoms with van der Waals surface area (Å²) in [5.41, 5.74) is 2.67. The fourth-order valence-corrected chi connectivity index (χ4v) is 6.18. The van der Waals surface area contributed by atoms with Gasteiger partial charge in [-0.05, 0) is 67.8 Å². The lowest BCUT2D eigenvalue weighted by molar-refractivity contribution is -0.140. The van der Waals surface area contributed by atoms with Crippen LogP contribution < -0.4 is 0 Å². The van der Waals surface area contributed by atoms with Crippen molar-refractivity contribution in [1.29, 1.82) is 0 Å². The van der Waals surface area contributed by atoms with Gasteiger partial charge in [0.25, 0.3) is 0 Å². The molecule has 188 valence electrons. The Labute approximate surface area is 209 Å². The van der Waals surface area contributed by atoms with E-state index in [0.29, 0.717) is 36.4 Å². The molecule has 1 aliphatic carbocycles. The van der Waals surface area contributed by atoms with Crippen LogP contribution in [-0.2, 0) is 22.7 Å². The van der Waals surface area contributed by atoms with Crippen molar-refractivity contribution in [1.82, 2.24) is 4.90 Å². The molecule has 0 spiro atoms. The van der Waals surface area contributed by atoms with E-state index >= 15 is 0 Å². The van der Waals surface area contributed by atoms with E-state index in [-0.39, 0.29) is 31.6 Å². The minimum Gasteiger partial charge on any atom is -0.459 e. The Balaban J connectivity index is 1.49. The molecule has 2 amide bonds. The Kier molecular flexibility index (Phi) is 8.06. The van der Waals surface area contributed by atoms with Gasteiger partial charge in [-0.25, -0.2) is 0 Å². The molecule has 1 fully saturated rings. The van der Waals surface area contributed by atoms with Gasteiger partial charge < -0.3 is 19.7 Å². The lowest BCUT2D eigenvalue weighted by Crippen LogP contribution is -2.38. The lowest BCUT2D eigenvalue weighted by atomic mass is 9.68. The first-order chi connectivity index (χ1) is 16.9. The highest BCUT2D eigenvalue weighted by molar-refractivity contribution is 7.09. The molecule has 8 heteroatoms. The largest absolute Gasteiger partial charge is 0.459 e. The number of nitrogens with zero attached hydrogens (tertiary/aromatic N) is 1. The molecule has 0 unspecified atom stereocenters. The van der Waals surface area contributed by atoms with Crippen LogP contribution >= 0.6 is 11.3 Å². The maximum Gasteiger partial charge on any atom is 0.234 e. The highest BCUT2D eigenvalue weighted by Gasteiger charge is 2.54. The molecule has 0 bridgehead atoms. The molecule has 2 aromatic heterocycles. The summed E-state index contributed by atoms with van der Waals surface area (Å²) < 4.78 is 5.55. The predicted octanol–water partition coefficient (Wildman–Crippen LogP) is 3.90. The number of imide groups is 1. The first-order valence-corrected chi connectivity index (χ1v) is 13.0. The Morgan fingerprint density at radius 2 is 2.06 bits per heavy atom. The van der Waals surface area contributed by atoms with Gasteiger partial charge in [-0.15, -0.1) is 11.3 Å². The topological polar surface area (TPSA) is 111 Å². The third kappa shape index (κ3) is 5.21. The Morgan fingerprint density at radius 3 is 2.69 bits per heavy atom. The third-order valence-corrected chi connectivity index (χ3v) is 8.11. The number of aliphatic hydroxyl groups is 3. The Morgan fingerprint density at radius 1 is 1.26 bits per heavy atom. The zero-order valence-electron chi connectivity index (χ0n) is 20.1. The molecule has 0 radical (unpaired) electrons. The molecule has 1 saturated heterocycles. The zero-order valence-corrected chi connectivity index (χ0v) is 21.0. The van der Waals surface area contributed by atoms with E-state index < -0.39 is 23.9 Å². The molecule has 2 aromatic rings. The normalized spacial score (nSPS) is 23.9. The van der Waals surface area contributed by atoms with Crippen LogP contribution in [0.1, 0.15) is 55.9 Å². The van der Waals surface area contributed by atoms with Gasteiger partial charge in [0, 0.05) is 10.8 Å². The van der Waals surface area contributed by atoms with Crippen molar-refractivity contribution in [3.63, 3.8) is 0 Å². The molecular weight excluding hydrogens is 466 g/mol. The standard InChI is InChI=1S/C27H33NO6S/c1-3-17(12-18-7-8-19(14-29)34-18)6-9-23(31)24-16(2)11-21-25(22(24)15-30)27(33)28(26(21)32)13-20-5-4-10-35-20/h4-5,7-8,10,12,21-23,25,29-31H,3,6,9,11,13-15H2,1-2H3/b17-12+/t21-,22+,23-,25-/m1/s1. The summed E-state index contributed by atoms with van der Waals surface area (Å²) in [6.45, 7) is 3.74. The second kappa shape index (κ2) is 11.0. The minimum absolute atomic E-state index is 0.155. The van der Waals surface area contributed by atoms with Crippen LogP contribution in [0.2, 0.25) is 0 Å². The summed E-state index contributed by atoms with van der Waals surface area (Å²) in [6.07, 6.45) is 3.36. The van der Waals surface area contributed by atoms with E-state index in [1.165, 1.54) is 16.2 Å². The quantitative estimate of drug-likeness (QED) is 0.338. The number of allylic oxidation sites excluding steroid dienone is 2. The van der Waals surface area contributed by atoms with E-state index in [9.17, 15) is 24.9 Å². The number of fused-ring (bicyclic) bond motifs is 1. The number of furan rings is 1. The monoisotopic (exact) mass is 499 g/mol. The highest BCUT2D eigenvalue weighted by Crippen LogP contribution is 2.46. The van der Waals surface area contributed by atoms with E-state index in [4.69, 9.17) is 4.42 Å². The van der Waals surface area contributed by atoms with Crippen LogP contribution in [0, 0.1) is 17.8 Å². The van der Waals surface area contributed by atoms with Crippen LogP contribution in [0.25, 0.3) is 6.08 Å². The van der Waals surface area contributed by atoms with Crippen molar-refractivity contribution in [3.05, 3.63) is 62.8 Å². The maximum absolute atomic E-state index is 13.3. The van der Waals surface area contributed by atoms with Gasteiger partial charge in [-0.1, -0.05) is 24.1 Å². The number of amides is 2. The van der Waals surface area contributed by atoms with Crippen LogP contribution in [-0.4, -0.2) is 44.7 Å². The van der Waals surface area contributed by atoms with Gasteiger partial charge in [-0.3, -0.25) is 14.5 Å². The SMILES string of the molecule is CC/C(=C\c1ccc(CO)o1)CC[C@@H](O)C1=C(C)C[C@H]2C(=O)N(Cc3cccs3)C(=O)[C@H]2[C@H]1CO. The lowest BCUT2D eigenvalue weighted by Gasteiger charge is -2.35. The van der Waals surface area contributed by atoms with E-state index in [1.807, 2.05) is 37.4 Å². The van der Waals surface area contributed by atoms with E-state index in [1.54, 1.807) is 12.1 Å². The average Bonchev–Trinajstić information content (AvgIpc) is 3.59. The second-order valence-electron chi connectivity index (χ2n) is 9.38. The summed E-state index contributed by atoms with van der Waals surface area (Å²) in [5.74, 6) is -0.972. The Hall–Kier alpha value is -2.52. The summed E-state index contributed by atoms with van der Waals surface area (Å²) >= 11 is 1.50. The third-order valence-electron chi connectivity index (χ3n) is 7.25. The van der Waals surface area contributed by atoms with Crippen molar-refractivity contribution in [2.75, 3.05) is 6.61 Å². The number of carbonyl (C=O) groups is 2. The van der Waals surface area contributed by atoms with Crippen molar-refractivity contribution >= 4 is 29.2 Å². The fourth-order valence-electron chi connectivity index (χ4n) is 5.48. The van der Waals surface area contributed by atoms with Crippen molar-refractivity contribution < 1.29 is 29.3 Å². The predicted molar refractivity (Wildman–Crippen MR) is 133 cm³/mol. The first-order valence-electron chi connectivity index (χ1n) is 12.1. The molecule has 35 heavy (non-hydrogen) atoms. The summed E-state index contributed by atoms with van der Waals surface area (Å²) in [5, 5.41) is 32.6. The second-order valence-corrected chi connectivity index (χ2v) is 10.4.